The van der Waals surface area contributed by atoms with E-state index in [4.69, 9.17) is 20.3 Å². The third-order valence-corrected chi connectivity index (χ3v) is 3.05. The number of carbonyl (C=O) groups is 1. The number of nitrogen functional groups attached to an aromatic ring is 1. The van der Waals surface area contributed by atoms with Gasteiger partial charge in [0.2, 0.25) is 0 Å². The topological polar surface area (TPSA) is 97.9 Å². The molecular weight excluding hydrogens is 250 g/mol. The zero-order valence-electron chi connectivity index (χ0n) is 10.9. The molecule has 1 atom stereocenters. The second-order valence-electron chi connectivity index (χ2n) is 4.46. The average Bonchev–Trinajstić information content (AvgIpc) is 2.77. The quantitative estimate of drug-likeness (QED) is 0.851. The Morgan fingerprint density at radius 2 is 2.37 bits per heavy atom. The molecule has 104 valence electrons. The minimum atomic E-state index is -0.935. The van der Waals surface area contributed by atoms with Crippen LogP contribution in [0.5, 0.6) is 11.6 Å². The number of methoxy groups -OCH3 is 1. The van der Waals surface area contributed by atoms with E-state index in [-0.39, 0.29) is 6.10 Å². The van der Waals surface area contributed by atoms with E-state index in [0.717, 1.165) is 5.56 Å². The molecule has 19 heavy (non-hydrogen) atoms. The highest BCUT2D eigenvalue weighted by atomic mass is 16.5. The Morgan fingerprint density at radius 1 is 1.63 bits per heavy atom. The summed E-state index contributed by atoms with van der Waals surface area (Å²) in [6, 6.07) is 1.70. The van der Waals surface area contributed by atoms with Crippen molar-refractivity contribution in [2.24, 2.45) is 0 Å². The summed E-state index contributed by atoms with van der Waals surface area (Å²) in [5.41, 5.74) is 6.51. The summed E-state index contributed by atoms with van der Waals surface area (Å²) in [4.78, 5) is 16.3. The first-order valence-corrected chi connectivity index (χ1v) is 5.97. The molecule has 1 aliphatic heterocycles. The number of rotatable bonds is 3. The number of carboxylic acid groups (broad SMARTS) is 1. The minimum absolute atomic E-state index is 0.223. The Kier molecular flexibility index (Phi) is 3.64. The Bertz CT molecular complexity index is 492. The highest BCUT2D eigenvalue weighted by molar-refractivity contribution is 5.65. The molecule has 0 saturated carbocycles. The van der Waals surface area contributed by atoms with Crippen LogP contribution in [0, 0.1) is 6.92 Å². The van der Waals surface area contributed by atoms with Gasteiger partial charge in [0.05, 0.1) is 13.7 Å². The van der Waals surface area contributed by atoms with Gasteiger partial charge in [0.25, 0.3) is 5.88 Å². The number of hydrogen-bond donors (Lipinski definition) is 2. The largest absolute Gasteiger partial charge is 0.491 e. The van der Waals surface area contributed by atoms with Gasteiger partial charge in [-0.05, 0) is 13.0 Å². The SMILES string of the molecule is COc1c(C)cc(N)nc1O[C@H]1CCN(C(=O)O)C1. The van der Waals surface area contributed by atoms with Crippen molar-refractivity contribution in [3.05, 3.63) is 11.6 Å². The Balaban J connectivity index is 2.13. The number of anilines is 1. The summed E-state index contributed by atoms with van der Waals surface area (Å²) in [7, 11) is 1.53. The summed E-state index contributed by atoms with van der Waals surface area (Å²) in [5.74, 6) is 1.20. The molecule has 3 N–H and O–H groups in total. The molecule has 1 aromatic rings. The van der Waals surface area contributed by atoms with Crippen LogP contribution in [0.1, 0.15) is 12.0 Å². The lowest BCUT2D eigenvalue weighted by Crippen LogP contribution is -2.29. The van der Waals surface area contributed by atoms with E-state index < -0.39 is 6.09 Å². The van der Waals surface area contributed by atoms with Crippen molar-refractivity contribution in [2.75, 3.05) is 25.9 Å². The van der Waals surface area contributed by atoms with E-state index in [1.165, 1.54) is 12.0 Å². The third-order valence-electron chi connectivity index (χ3n) is 3.05. The van der Waals surface area contributed by atoms with Gasteiger partial charge >= 0.3 is 6.09 Å². The predicted octanol–water partition coefficient (Wildman–Crippen LogP) is 1.11. The van der Waals surface area contributed by atoms with Crippen LogP contribution in [0.4, 0.5) is 10.6 Å². The van der Waals surface area contributed by atoms with Crippen LogP contribution in [0.3, 0.4) is 0 Å². The van der Waals surface area contributed by atoms with Gasteiger partial charge in [0.1, 0.15) is 11.9 Å². The Morgan fingerprint density at radius 3 is 2.95 bits per heavy atom. The van der Waals surface area contributed by atoms with Crippen LogP contribution in [0.25, 0.3) is 0 Å². The molecule has 0 spiro atoms. The standard InChI is InChI=1S/C12H17N3O4/c1-7-5-9(13)14-11(10(7)18-2)19-8-3-4-15(6-8)12(16)17/h5,8H,3-4,6H2,1-2H3,(H2,13,14)(H,16,17)/t8-/m0/s1. The predicted molar refractivity (Wildman–Crippen MR) is 68.6 cm³/mol. The number of aryl methyl sites for hydroxylation is 1. The highest BCUT2D eigenvalue weighted by Crippen LogP contribution is 2.31. The Hall–Kier alpha value is -2.18. The van der Waals surface area contributed by atoms with Crippen molar-refractivity contribution in [3.63, 3.8) is 0 Å². The maximum atomic E-state index is 10.8. The summed E-state index contributed by atoms with van der Waals surface area (Å²) >= 11 is 0. The molecule has 0 unspecified atom stereocenters. The van der Waals surface area contributed by atoms with Crippen LogP contribution in [-0.2, 0) is 0 Å². The van der Waals surface area contributed by atoms with Crippen LogP contribution in [0.2, 0.25) is 0 Å². The van der Waals surface area contributed by atoms with Crippen molar-refractivity contribution in [1.29, 1.82) is 0 Å². The van der Waals surface area contributed by atoms with Crippen LogP contribution in [0.15, 0.2) is 6.07 Å². The van der Waals surface area contributed by atoms with E-state index in [1.54, 1.807) is 6.07 Å². The lowest BCUT2D eigenvalue weighted by atomic mass is 10.2. The first kappa shape index (κ1) is 13.3. The van der Waals surface area contributed by atoms with Gasteiger partial charge < -0.3 is 25.2 Å². The number of aromatic nitrogens is 1. The smallest absolute Gasteiger partial charge is 0.407 e. The van der Waals surface area contributed by atoms with Gasteiger partial charge in [0.15, 0.2) is 5.75 Å². The minimum Gasteiger partial charge on any atom is -0.491 e. The second-order valence-corrected chi connectivity index (χ2v) is 4.46. The summed E-state index contributed by atoms with van der Waals surface area (Å²) in [6.45, 7) is 2.64. The number of pyridine rings is 1. The third kappa shape index (κ3) is 2.81. The first-order chi connectivity index (χ1) is 9.01. The van der Waals surface area contributed by atoms with E-state index in [1.807, 2.05) is 6.92 Å². The molecule has 0 radical (unpaired) electrons. The lowest BCUT2D eigenvalue weighted by molar-refractivity contribution is 0.143. The molecule has 1 saturated heterocycles. The van der Waals surface area contributed by atoms with Crippen molar-refractivity contribution in [2.45, 2.75) is 19.4 Å². The zero-order valence-corrected chi connectivity index (χ0v) is 10.9. The molecule has 1 aliphatic rings. The fraction of sp³-hybridized carbons (Fsp3) is 0.500. The number of hydrogen-bond acceptors (Lipinski definition) is 5. The maximum absolute atomic E-state index is 10.8. The fourth-order valence-corrected chi connectivity index (χ4v) is 2.14. The molecule has 0 bridgehead atoms. The number of likely N-dealkylation sites (tertiary alicyclic amines) is 1. The van der Waals surface area contributed by atoms with E-state index in [9.17, 15) is 4.79 Å². The number of nitrogens with two attached hydrogens (primary N) is 1. The monoisotopic (exact) mass is 267 g/mol. The number of ether oxygens (including phenoxy) is 2. The van der Waals surface area contributed by atoms with Gasteiger partial charge in [-0.25, -0.2) is 4.79 Å². The van der Waals surface area contributed by atoms with E-state index in [0.29, 0.717) is 37.0 Å². The normalized spacial score (nSPS) is 18.4. The van der Waals surface area contributed by atoms with Crippen molar-refractivity contribution in [3.8, 4) is 11.6 Å². The number of nitrogens with zero attached hydrogens (tertiary/aromatic N) is 2. The first-order valence-electron chi connectivity index (χ1n) is 5.97. The van der Waals surface area contributed by atoms with Gasteiger partial charge in [-0.2, -0.15) is 4.98 Å². The second kappa shape index (κ2) is 5.21. The Labute approximate surface area is 110 Å². The van der Waals surface area contributed by atoms with Gasteiger partial charge in [-0.15, -0.1) is 0 Å². The number of amides is 1. The zero-order chi connectivity index (χ0) is 14.0. The molecule has 1 fully saturated rings. The molecule has 1 aromatic heterocycles. The van der Waals surface area contributed by atoms with E-state index in [2.05, 4.69) is 4.98 Å². The summed E-state index contributed by atoms with van der Waals surface area (Å²) in [6.07, 6.45) is -0.529. The lowest BCUT2D eigenvalue weighted by Gasteiger charge is -2.17. The highest BCUT2D eigenvalue weighted by Gasteiger charge is 2.28. The summed E-state index contributed by atoms with van der Waals surface area (Å²) in [5, 5.41) is 8.90. The van der Waals surface area contributed by atoms with Gasteiger partial charge in [0, 0.05) is 18.5 Å². The van der Waals surface area contributed by atoms with E-state index >= 15 is 0 Å². The van der Waals surface area contributed by atoms with Crippen LogP contribution >= 0.6 is 0 Å². The maximum Gasteiger partial charge on any atom is 0.407 e. The molecular formula is C12H17N3O4. The van der Waals surface area contributed by atoms with Crippen LogP contribution in [-0.4, -0.2) is 47.4 Å². The summed E-state index contributed by atoms with van der Waals surface area (Å²) < 4.78 is 11.0. The molecule has 7 nitrogen and oxygen atoms in total. The fourth-order valence-electron chi connectivity index (χ4n) is 2.14. The van der Waals surface area contributed by atoms with Crippen LogP contribution < -0.4 is 15.2 Å². The average molecular weight is 267 g/mol. The molecule has 2 heterocycles. The molecule has 1 amide bonds. The van der Waals surface area contributed by atoms with Crippen molar-refractivity contribution < 1.29 is 19.4 Å². The molecule has 7 heteroatoms. The van der Waals surface area contributed by atoms with Gasteiger partial charge in [-0.1, -0.05) is 0 Å². The van der Waals surface area contributed by atoms with Gasteiger partial charge in [-0.3, -0.25) is 0 Å². The van der Waals surface area contributed by atoms with Crippen molar-refractivity contribution in [1.82, 2.24) is 9.88 Å². The van der Waals surface area contributed by atoms with Crippen molar-refractivity contribution >= 4 is 11.9 Å². The molecule has 0 aliphatic carbocycles. The molecule has 0 aromatic carbocycles. The molecule has 2 rings (SSSR count).